The Bertz CT molecular complexity index is 1320. The molecule has 0 atom stereocenters. The van der Waals surface area contributed by atoms with E-state index in [0.717, 1.165) is 63.8 Å². The number of nitrogens with one attached hydrogen (secondary N) is 2. The molecule has 0 saturated heterocycles. The molecule has 5 nitrogen and oxygen atoms in total. The summed E-state index contributed by atoms with van der Waals surface area (Å²) in [6, 6.07) is 16.3. The van der Waals surface area contributed by atoms with Crippen molar-refractivity contribution in [3.8, 4) is 11.1 Å². The van der Waals surface area contributed by atoms with Crippen molar-refractivity contribution in [1.82, 2.24) is 4.90 Å². The molecule has 2 heterocycles. The average molecular weight is 397 g/mol. The summed E-state index contributed by atoms with van der Waals surface area (Å²) in [6.45, 7) is 1.73. The minimum absolute atomic E-state index is 0.0200. The van der Waals surface area contributed by atoms with E-state index in [1.165, 1.54) is 5.56 Å². The largest absolute Gasteiger partial charge is 0.455 e. The zero-order valence-electron chi connectivity index (χ0n) is 17.1. The zero-order chi connectivity index (χ0) is 20.8. The second kappa shape index (κ2) is 7.11. The number of likely N-dealkylation sites (N-methyl/N-ethyl adjacent to an activating group) is 1. The van der Waals surface area contributed by atoms with Gasteiger partial charge in [0.1, 0.15) is 16.9 Å². The van der Waals surface area contributed by atoms with Gasteiger partial charge in [-0.1, -0.05) is 36.4 Å². The quantitative estimate of drug-likeness (QED) is 0.382. The van der Waals surface area contributed by atoms with E-state index in [-0.39, 0.29) is 5.71 Å². The molecule has 0 bridgehead atoms. The molecule has 30 heavy (non-hydrogen) atoms. The van der Waals surface area contributed by atoms with E-state index in [0.29, 0.717) is 11.8 Å². The van der Waals surface area contributed by atoms with Crippen molar-refractivity contribution < 1.29 is 9.21 Å². The Hall–Kier alpha value is -3.44. The van der Waals surface area contributed by atoms with Gasteiger partial charge in [-0.3, -0.25) is 10.2 Å². The van der Waals surface area contributed by atoms with Gasteiger partial charge in [0.15, 0.2) is 6.29 Å². The molecule has 0 radical (unpaired) electrons. The first kappa shape index (κ1) is 18.6. The first-order chi connectivity index (χ1) is 14.6. The number of aldehydes is 1. The van der Waals surface area contributed by atoms with Crippen LogP contribution in [-0.2, 0) is 17.8 Å². The summed E-state index contributed by atoms with van der Waals surface area (Å²) in [4.78, 5) is 13.8. The van der Waals surface area contributed by atoms with Gasteiger partial charge in [-0.25, -0.2) is 0 Å². The second-order valence-corrected chi connectivity index (χ2v) is 7.85. The SMILES string of the molecule is CNc1c(C(=N)C=O)cc(-c2cccc3c2oc2ccccc23)c2c1CN(C)CC2. The van der Waals surface area contributed by atoms with Crippen LogP contribution in [0.4, 0.5) is 5.69 Å². The highest BCUT2D eigenvalue weighted by Crippen LogP contribution is 2.41. The number of carbonyl (C=O) groups is 1. The predicted molar refractivity (Wildman–Crippen MR) is 122 cm³/mol. The van der Waals surface area contributed by atoms with E-state index in [1.807, 2.05) is 31.3 Å². The molecule has 0 spiro atoms. The maximum atomic E-state index is 11.5. The Morgan fingerprint density at radius 3 is 2.70 bits per heavy atom. The molecule has 3 aromatic carbocycles. The van der Waals surface area contributed by atoms with Crippen LogP contribution in [0.25, 0.3) is 33.1 Å². The van der Waals surface area contributed by atoms with Crippen LogP contribution < -0.4 is 5.32 Å². The molecule has 5 rings (SSSR count). The van der Waals surface area contributed by atoms with Gasteiger partial charge in [0.2, 0.25) is 0 Å². The van der Waals surface area contributed by atoms with Crippen LogP contribution in [0.1, 0.15) is 16.7 Å². The molecule has 1 aliphatic rings. The van der Waals surface area contributed by atoms with Gasteiger partial charge in [0.05, 0.1) is 0 Å². The first-order valence-corrected chi connectivity index (χ1v) is 10.1. The lowest BCUT2D eigenvalue weighted by Gasteiger charge is -2.30. The van der Waals surface area contributed by atoms with Crippen molar-refractivity contribution in [2.45, 2.75) is 13.0 Å². The zero-order valence-corrected chi connectivity index (χ0v) is 17.1. The maximum Gasteiger partial charge on any atom is 0.168 e. The number of rotatable bonds is 4. The Kier molecular flexibility index (Phi) is 4.40. The van der Waals surface area contributed by atoms with E-state index in [2.05, 4.69) is 41.5 Å². The van der Waals surface area contributed by atoms with Crippen LogP contribution in [0.15, 0.2) is 52.9 Å². The van der Waals surface area contributed by atoms with Crippen molar-refractivity contribution in [3.63, 3.8) is 0 Å². The number of nitrogens with zero attached hydrogens (tertiary/aromatic N) is 1. The van der Waals surface area contributed by atoms with Crippen molar-refractivity contribution >= 4 is 39.6 Å². The summed E-state index contributed by atoms with van der Waals surface area (Å²) in [5.74, 6) is 0. The molecule has 1 aromatic heterocycles. The van der Waals surface area contributed by atoms with E-state index >= 15 is 0 Å². The molecule has 0 amide bonds. The number of anilines is 1. The van der Waals surface area contributed by atoms with E-state index < -0.39 is 0 Å². The van der Waals surface area contributed by atoms with Crippen LogP contribution in [0.3, 0.4) is 0 Å². The van der Waals surface area contributed by atoms with Gasteiger partial charge < -0.3 is 14.6 Å². The number of benzene rings is 3. The molecule has 0 aliphatic carbocycles. The predicted octanol–water partition coefficient (Wildman–Crippen LogP) is 4.85. The summed E-state index contributed by atoms with van der Waals surface area (Å²) >= 11 is 0. The van der Waals surface area contributed by atoms with Crippen molar-refractivity contribution in [3.05, 3.63) is 65.2 Å². The number of para-hydroxylation sites is 2. The van der Waals surface area contributed by atoms with Crippen molar-refractivity contribution in [1.29, 1.82) is 5.41 Å². The average Bonchev–Trinajstić information content (AvgIpc) is 3.16. The highest BCUT2D eigenvalue weighted by molar-refractivity contribution is 6.36. The third-order valence-electron chi connectivity index (χ3n) is 6.07. The summed E-state index contributed by atoms with van der Waals surface area (Å²) in [6.07, 6.45) is 1.52. The topological polar surface area (TPSA) is 69.3 Å². The van der Waals surface area contributed by atoms with Crippen molar-refractivity contribution in [2.75, 3.05) is 26.0 Å². The molecule has 0 unspecified atom stereocenters. The minimum atomic E-state index is -0.0200. The highest BCUT2D eigenvalue weighted by atomic mass is 16.3. The van der Waals surface area contributed by atoms with Crippen LogP contribution in [0, 0.1) is 5.41 Å². The second-order valence-electron chi connectivity index (χ2n) is 7.85. The van der Waals surface area contributed by atoms with Crippen molar-refractivity contribution in [2.24, 2.45) is 0 Å². The summed E-state index contributed by atoms with van der Waals surface area (Å²) in [5.41, 5.74) is 7.65. The number of hydrogen-bond acceptors (Lipinski definition) is 5. The summed E-state index contributed by atoms with van der Waals surface area (Å²) in [7, 11) is 3.95. The Balaban J connectivity index is 1.86. The lowest BCUT2D eigenvalue weighted by Crippen LogP contribution is -2.28. The summed E-state index contributed by atoms with van der Waals surface area (Å²) in [5, 5.41) is 13.7. The number of hydrogen-bond donors (Lipinski definition) is 2. The minimum Gasteiger partial charge on any atom is -0.455 e. The number of furan rings is 1. The van der Waals surface area contributed by atoms with Gasteiger partial charge >= 0.3 is 0 Å². The fourth-order valence-corrected chi connectivity index (χ4v) is 4.65. The fourth-order valence-electron chi connectivity index (χ4n) is 4.65. The molecule has 0 saturated carbocycles. The number of fused-ring (bicyclic) bond motifs is 4. The van der Waals surface area contributed by atoms with E-state index in [1.54, 1.807) is 0 Å². The maximum absolute atomic E-state index is 11.5. The van der Waals surface area contributed by atoms with E-state index in [4.69, 9.17) is 9.83 Å². The van der Waals surface area contributed by atoms with Crippen LogP contribution >= 0.6 is 0 Å². The molecule has 1 aliphatic heterocycles. The molecule has 2 N–H and O–H groups in total. The smallest absolute Gasteiger partial charge is 0.168 e. The molecule has 4 aromatic rings. The summed E-state index contributed by atoms with van der Waals surface area (Å²) < 4.78 is 6.28. The van der Waals surface area contributed by atoms with Gasteiger partial charge in [-0.2, -0.15) is 0 Å². The third-order valence-corrected chi connectivity index (χ3v) is 6.07. The van der Waals surface area contributed by atoms with Gasteiger partial charge in [0, 0.05) is 47.7 Å². The fraction of sp³-hybridized carbons (Fsp3) is 0.200. The normalized spacial score (nSPS) is 14.1. The van der Waals surface area contributed by atoms with Gasteiger partial charge in [-0.15, -0.1) is 0 Å². The molecule has 0 fully saturated rings. The molecular weight excluding hydrogens is 374 g/mol. The Morgan fingerprint density at radius 1 is 1.10 bits per heavy atom. The van der Waals surface area contributed by atoms with Crippen LogP contribution in [0.2, 0.25) is 0 Å². The van der Waals surface area contributed by atoms with Crippen LogP contribution in [0.5, 0.6) is 0 Å². The number of carbonyl (C=O) groups excluding carboxylic acids is 1. The van der Waals surface area contributed by atoms with E-state index in [9.17, 15) is 4.79 Å². The Morgan fingerprint density at radius 2 is 1.90 bits per heavy atom. The lowest BCUT2D eigenvalue weighted by atomic mass is 9.85. The van der Waals surface area contributed by atoms with Crippen LogP contribution in [-0.4, -0.2) is 37.5 Å². The first-order valence-electron chi connectivity index (χ1n) is 10.1. The lowest BCUT2D eigenvalue weighted by molar-refractivity contribution is -0.102. The standard InChI is InChI=1S/C25H23N3O2/c1-27-24-20(22(26)14-29)12-19(15-10-11-28(2)13-21(15)24)18-8-5-7-17-16-6-3-4-9-23(16)30-25(17)18/h3-9,12,14,26-27H,10-11,13H2,1-2H3. The van der Waals surface area contributed by atoms with Gasteiger partial charge in [-0.05, 0) is 42.3 Å². The Labute approximate surface area is 174 Å². The molecular formula is C25H23N3O2. The third kappa shape index (κ3) is 2.74. The molecule has 150 valence electrons. The van der Waals surface area contributed by atoms with Gasteiger partial charge in [0.25, 0.3) is 0 Å². The monoisotopic (exact) mass is 397 g/mol. The highest BCUT2D eigenvalue weighted by Gasteiger charge is 2.25. The molecule has 5 heteroatoms.